The first-order chi connectivity index (χ1) is 14.0. The van der Waals surface area contributed by atoms with Gasteiger partial charge in [-0.2, -0.15) is 0 Å². The number of carbonyl (C=O) groups is 2. The number of hydrogen-bond donors (Lipinski definition) is 2. The molecule has 0 spiro atoms. The van der Waals surface area contributed by atoms with Gasteiger partial charge in [0, 0.05) is 30.2 Å². The van der Waals surface area contributed by atoms with Gasteiger partial charge in [-0.3, -0.25) is 9.59 Å². The predicted octanol–water partition coefficient (Wildman–Crippen LogP) is 2.85. The number of likely N-dealkylation sites (tertiary alicyclic amines) is 1. The van der Waals surface area contributed by atoms with Crippen molar-refractivity contribution < 1.29 is 22.4 Å². The van der Waals surface area contributed by atoms with Crippen LogP contribution < -0.4 is 10.0 Å². The third kappa shape index (κ3) is 5.48. The predicted molar refractivity (Wildman–Crippen MR) is 112 cm³/mol. The van der Waals surface area contributed by atoms with E-state index in [1.165, 1.54) is 18.4 Å². The Morgan fingerprint density at radius 2 is 1.70 bits per heavy atom. The normalized spacial score (nSPS) is 15.8. The lowest BCUT2D eigenvalue weighted by Gasteiger charge is -2.30. The van der Waals surface area contributed by atoms with Crippen LogP contribution in [0.3, 0.4) is 0 Å². The number of sulfonamides is 1. The van der Waals surface area contributed by atoms with E-state index in [1.54, 1.807) is 49.9 Å². The van der Waals surface area contributed by atoms with Gasteiger partial charge in [-0.05, 0) is 70.0 Å². The number of nitrogens with one attached hydrogen (secondary N) is 2. The van der Waals surface area contributed by atoms with Crippen LogP contribution in [0, 0.1) is 5.92 Å². The number of nitrogens with zero attached hydrogens (tertiary/aromatic N) is 1. The van der Waals surface area contributed by atoms with Crippen LogP contribution in [0.5, 0.6) is 0 Å². The van der Waals surface area contributed by atoms with Crippen molar-refractivity contribution in [2.45, 2.75) is 44.0 Å². The van der Waals surface area contributed by atoms with Crippen LogP contribution in [0.25, 0.3) is 0 Å². The zero-order valence-corrected chi connectivity index (χ0v) is 18.2. The van der Waals surface area contributed by atoms with Crippen LogP contribution in [0.15, 0.2) is 52.0 Å². The highest BCUT2D eigenvalue weighted by molar-refractivity contribution is 7.89. The molecule has 0 unspecified atom stereocenters. The maximum absolute atomic E-state index is 12.6. The van der Waals surface area contributed by atoms with E-state index in [-0.39, 0.29) is 22.6 Å². The molecular weight excluding hydrogens is 406 g/mol. The molecule has 2 aromatic rings. The van der Waals surface area contributed by atoms with Gasteiger partial charge in [0.05, 0.1) is 11.2 Å². The van der Waals surface area contributed by atoms with E-state index in [9.17, 15) is 18.0 Å². The Kier molecular flexibility index (Phi) is 6.33. The molecule has 1 aromatic carbocycles. The van der Waals surface area contributed by atoms with Crippen LogP contribution in [-0.4, -0.2) is 43.8 Å². The minimum atomic E-state index is -3.62. The Labute approximate surface area is 176 Å². The summed E-state index contributed by atoms with van der Waals surface area (Å²) < 4.78 is 32.5. The molecule has 2 N–H and O–H groups in total. The van der Waals surface area contributed by atoms with Crippen LogP contribution >= 0.6 is 0 Å². The van der Waals surface area contributed by atoms with Crippen molar-refractivity contribution in [2.24, 2.45) is 5.92 Å². The highest BCUT2D eigenvalue weighted by Crippen LogP contribution is 2.22. The molecule has 1 saturated heterocycles. The molecule has 1 aliphatic heterocycles. The molecule has 1 aliphatic rings. The van der Waals surface area contributed by atoms with Gasteiger partial charge >= 0.3 is 0 Å². The molecular formula is C21H27N3O5S. The molecule has 0 aliphatic carbocycles. The Balaban J connectivity index is 1.55. The number of carbonyl (C=O) groups excluding carboxylic acids is 2. The summed E-state index contributed by atoms with van der Waals surface area (Å²) in [5.74, 6) is -0.214. The fourth-order valence-electron chi connectivity index (χ4n) is 3.32. The van der Waals surface area contributed by atoms with E-state index in [1.807, 2.05) is 0 Å². The largest absolute Gasteiger partial charge is 0.459 e. The Hall–Kier alpha value is -2.65. The number of benzene rings is 1. The molecule has 1 aromatic heterocycles. The average molecular weight is 434 g/mol. The average Bonchev–Trinajstić information content (AvgIpc) is 3.21. The van der Waals surface area contributed by atoms with Gasteiger partial charge in [-0.15, -0.1) is 0 Å². The molecule has 0 saturated carbocycles. The lowest BCUT2D eigenvalue weighted by atomic mass is 9.95. The van der Waals surface area contributed by atoms with Crippen molar-refractivity contribution >= 4 is 27.5 Å². The second kappa shape index (κ2) is 8.61. The summed E-state index contributed by atoms with van der Waals surface area (Å²) in [6.07, 6.45) is 2.57. The van der Waals surface area contributed by atoms with Crippen LogP contribution in [0.1, 0.15) is 44.2 Å². The second-order valence-electron chi connectivity index (χ2n) is 8.41. The molecule has 2 heterocycles. The maximum atomic E-state index is 12.6. The third-order valence-electron chi connectivity index (χ3n) is 4.76. The summed E-state index contributed by atoms with van der Waals surface area (Å²) in [5, 5.41) is 2.83. The Morgan fingerprint density at radius 1 is 1.07 bits per heavy atom. The van der Waals surface area contributed by atoms with Gasteiger partial charge in [0.15, 0.2) is 5.76 Å². The minimum Gasteiger partial charge on any atom is -0.459 e. The first kappa shape index (κ1) is 22.0. The number of hydrogen-bond acceptors (Lipinski definition) is 5. The summed E-state index contributed by atoms with van der Waals surface area (Å²) >= 11 is 0. The molecule has 0 atom stereocenters. The minimum absolute atomic E-state index is 0.136. The molecule has 8 nitrogen and oxygen atoms in total. The zero-order valence-electron chi connectivity index (χ0n) is 17.3. The number of furan rings is 1. The van der Waals surface area contributed by atoms with Crippen molar-refractivity contribution in [1.82, 2.24) is 9.62 Å². The maximum Gasteiger partial charge on any atom is 0.289 e. The summed E-state index contributed by atoms with van der Waals surface area (Å²) in [5.41, 5.74) is -0.0531. The number of rotatable bonds is 5. The van der Waals surface area contributed by atoms with Crippen molar-refractivity contribution in [3.63, 3.8) is 0 Å². The standard InChI is InChI=1S/C21H27N3O5S/c1-21(2,3)23-30(27,28)17-8-6-16(7-9-17)22-19(25)15-10-12-24(13-11-15)20(26)18-5-4-14-29-18/h4-9,14-15,23H,10-13H2,1-3H3,(H,22,25). The zero-order chi connectivity index (χ0) is 21.9. The Morgan fingerprint density at radius 3 is 2.23 bits per heavy atom. The molecule has 1 fully saturated rings. The van der Waals surface area contributed by atoms with E-state index in [2.05, 4.69) is 10.0 Å². The number of piperidine rings is 1. The lowest BCUT2D eigenvalue weighted by Crippen LogP contribution is -2.41. The van der Waals surface area contributed by atoms with Crippen molar-refractivity contribution in [3.05, 3.63) is 48.4 Å². The molecule has 162 valence electrons. The molecule has 3 rings (SSSR count). The summed E-state index contributed by atoms with van der Waals surface area (Å²) in [6, 6.07) is 9.38. The van der Waals surface area contributed by atoms with Crippen molar-refractivity contribution in [1.29, 1.82) is 0 Å². The lowest BCUT2D eigenvalue weighted by molar-refractivity contribution is -0.121. The summed E-state index contributed by atoms with van der Waals surface area (Å²) in [4.78, 5) is 26.7. The van der Waals surface area contributed by atoms with Crippen LogP contribution in [0.4, 0.5) is 5.69 Å². The van der Waals surface area contributed by atoms with Crippen molar-refractivity contribution in [2.75, 3.05) is 18.4 Å². The molecule has 0 radical (unpaired) electrons. The van der Waals surface area contributed by atoms with E-state index in [0.29, 0.717) is 37.4 Å². The monoisotopic (exact) mass is 433 g/mol. The van der Waals surface area contributed by atoms with Crippen molar-refractivity contribution in [3.8, 4) is 0 Å². The van der Waals surface area contributed by atoms with Gasteiger partial charge in [0.25, 0.3) is 5.91 Å². The van der Waals surface area contributed by atoms with E-state index in [0.717, 1.165) is 0 Å². The fraction of sp³-hybridized carbons (Fsp3) is 0.429. The second-order valence-corrected chi connectivity index (χ2v) is 10.1. The molecule has 0 bridgehead atoms. The number of amides is 2. The fourth-order valence-corrected chi connectivity index (χ4v) is 4.74. The van der Waals surface area contributed by atoms with Gasteiger partial charge in [-0.25, -0.2) is 13.1 Å². The molecule has 9 heteroatoms. The van der Waals surface area contributed by atoms with Crippen LogP contribution in [-0.2, 0) is 14.8 Å². The van der Waals surface area contributed by atoms with E-state index < -0.39 is 15.6 Å². The third-order valence-corrected chi connectivity index (χ3v) is 6.53. The first-order valence-electron chi connectivity index (χ1n) is 9.83. The highest BCUT2D eigenvalue weighted by Gasteiger charge is 2.29. The van der Waals surface area contributed by atoms with E-state index >= 15 is 0 Å². The van der Waals surface area contributed by atoms with Crippen LogP contribution in [0.2, 0.25) is 0 Å². The van der Waals surface area contributed by atoms with Gasteiger partial charge in [0.1, 0.15) is 0 Å². The molecule has 30 heavy (non-hydrogen) atoms. The summed E-state index contributed by atoms with van der Waals surface area (Å²) in [6.45, 7) is 6.27. The van der Waals surface area contributed by atoms with Gasteiger partial charge in [-0.1, -0.05) is 0 Å². The number of anilines is 1. The molecule has 2 amide bonds. The summed E-state index contributed by atoms with van der Waals surface area (Å²) in [7, 11) is -3.62. The first-order valence-corrected chi connectivity index (χ1v) is 11.3. The highest BCUT2D eigenvalue weighted by atomic mass is 32.2. The van der Waals surface area contributed by atoms with E-state index in [4.69, 9.17) is 4.42 Å². The van der Waals surface area contributed by atoms with Gasteiger partial charge < -0.3 is 14.6 Å². The SMILES string of the molecule is CC(C)(C)NS(=O)(=O)c1ccc(NC(=O)C2CCN(C(=O)c3ccco3)CC2)cc1. The Bertz CT molecular complexity index is 984. The topological polar surface area (TPSA) is 109 Å². The smallest absolute Gasteiger partial charge is 0.289 e. The quantitative estimate of drug-likeness (QED) is 0.754. The van der Waals surface area contributed by atoms with Gasteiger partial charge in [0.2, 0.25) is 15.9 Å².